The summed E-state index contributed by atoms with van der Waals surface area (Å²) in [6, 6.07) is 14.6. The van der Waals surface area contributed by atoms with Crippen molar-refractivity contribution >= 4 is 12.6 Å². The molecule has 0 amide bonds. The van der Waals surface area contributed by atoms with Crippen LogP contribution in [0.1, 0.15) is 26.2 Å². The number of unbranched alkanes of at least 4 members (excludes halogenated alkanes) is 1. The summed E-state index contributed by atoms with van der Waals surface area (Å²) in [5.74, 6) is 0.302. The molecule has 0 spiro atoms. The first-order chi connectivity index (χ1) is 11.3. The van der Waals surface area contributed by atoms with Gasteiger partial charge >= 0.3 is 7.12 Å². The van der Waals surface area contributed by atoms with Crippen LogP contribution in [0.25, 0.3) is 11.1 Å². The Bertz CT molecular complexity index is 604. The summed E-state index contributed by atoms with van der Waals surface area (Å²) in [6.07, 6.45) is 3.62. The number of hydrogen-bond donors (Lipinski definition) is 0. The third kappa shape index (κ3) is 4.21. The smallest absolute Gasteiger partial charge is 0.407 e. The molecule has 3 rings (SSSR count). The third-order valence-electron chi connectivity index (χ3n) is 4.29. The fourth-order valence-electron chi connectivity index (χ4n) is 2.87. The second-order valence-corrected chi connectivity index (χ2v) is 6.14. The first kappa shape index (κ1) is 16.2. The van der Waals surface area contributed by atoms with Gasteiger partial charge in [0.1, 0.15) is 5.82 Å². The second-order valence-electron chi connectivity index (χ2n) is 6.14. The van der Waals surface area contributed by atoms with E-state index in [9.17, 15) is 4.39 Å². The molecule has 0 bridgehead atoms. The van der Waals surface area contributed by atoms with Gasteiger partial charge in [-0.25, -0.2) is 4.39 Å². The van der Waals surface area contributed by atoms with Crippen molar-refractivity contribution in [2.75, 3.05) is 13.2 Å². The highest BCUT2D eigenvalue weighted by molar-refractivity contribution is 6.61. The molecule has 4 heteroatoms. The van der Waals surface area contributed by atoms with Crippen molar-refractivity contribution in [1.82, 2.24) is 0 Å². The first-order valence-corrected chi connectivity index (χ1v) is 8.35. The lowest BCUT2D eigenvalue weighted by Gasteiger charge is -2.27. The second kappa shape index (κ2) is 7.76. The summed E-state index contributed by atoms with van der Waals surface area (Å²) < 4.78 is 24.7. The Labute approximate surface area is 137 Å². The third-order valence-corrected chi connectivity index (χ3v) is 4.29. The molecule has 120 valence electrons. The Kier molecular flexibility index (Phi) is 5.47. The molecular formula is C19H22BFO2. The van der Waals surface area contributed by atoms with E-state index >= 15 is 0 Å². The molecule has 2 nitrogen and oxygen atoms in total. The lowest BCUT2D eigenvalue weighted by atomic mass is 9.76. The van der Waals surface area contributed by atoms with Gasteiger partial charge in [0.2, 0.25) is 0 Å². The molecule has 0 atom stereocenters. The molecule has 0 unspecified atom stereocenters. The van der Waals surface area contributed by atoms with Gasteiger partial charge in [0.15, 0.2) is 0 Å². The van der Waals surface area contributed by atoms with Crippen molar-refractivity contribution < 1.29 is 13.7 Å². The normalized spacial score (nSPS) is 15.8. The summed E-state index contributed by atoms with van der Waals surface area (Å²) in [7, 11) is -0.268. The monoisotopic (exact) mass is 312 g/mol. The van der Waals surface area contributed by atoms with E-state index in [4.69, 9.17) is 9.31 Å². The van der Waals surface area contributed by atoms with Crippen LogP contribution >= 0.6 is 0 Å². The van der Waals surface area contributed by atoms with Gasteiger partial charge < -0.3 is 9.31 Å². The molecule has 2 aromatic rings. The zero-order valence-corrected chi connectivity index (χ0v) is 13.5. The highest BCUT2D eigenvalue weighted by Crippen LogP contribution is 2.20. The Morgan fingerprint density at radius 1 is 0.957 bits per heavy atom. The van der Waals surface area contributed by atoms with Gasteiger partial charge in [-0.3, -0.25) is 0 Å². The number of benzene rings is 2. The number of halogens is 1. The maximum absolute atomic E-state index is 13.0. The van der Waals surface area contributed by atoms with Crippen LogP contribution in [0.2, 0.25) is 0 Å². The molecule has 0 saturated carbocycles. The topological polar surface area (TPSA) is 18.5 Å². The van der Waals surface area contributed by atoms with E-state index in [1.54, 1.807) is 12.1 Å². The molecule has 1 aliphatic rings. The quantitative estimate of drug-likeness (QED) is 0.776. The molecule has 1 saturated heterocycles. The van der Waals surface area contributed by atoms with Crippen LogP contribution in [0, 0.1) is 11.7 Å². The average Bonchev–Trinajstić information content (AvgIpc) is 2.61. The van der Waals surface area contributed by atoms with E-state index in [1.807, 2.05) is 24.3 Å². The highest BCUT2D eigenvalue weighted by Gasteiger charge is 2.28. The molecule has 2 aromatic carbocycles. The first-order valence-electron chi connectivity index (χ1n) is 8.35. The van der Waals surface area contributed by atoms with Crippen LogP contribution < -0.4 is 5.46 Å². The predicted octanol–water partition coefficient (Wildman–Crippen LogP) is 4.04. The van der Waals surface area contributed by atoms with Crippen molar-refractivity contribution in [3.8, 4) is 11.1 Å². The summed E-state index contributed by atoms with van der Waals surface area (Å²) in [6.45, 7) is 3.74. The Morgan fingerprint density at radius 3 is 2.09 bits per heavy atom. The predicted molar refractivity (Wildman–Crippen MR) is 92.1 cm³/mol. The van der Waals surface area contributed by atoms with Crippen molar-refractivity contribution in [3.63, 3.8) is 0 Å². The molecule has 0 aliphatic carbocycles. The van der Waals surface area contributed by atoms with E-state index in [0.717, 1.165) is 29.8 Å². The lowest BCUT2D eigenvalue weighted by molar-refractivity contribution is 0.0813. The maximum atomic E-state index is 13.0. The fourth-order valence-corrected chi connectivity index (χ4v) is 2.87. The molecule has 1 aliphatic heterocycles. The molecule has 23 heavy (non-hydrogen) atoms. The minimum absolute atomic E-state index is 0.216. The highest BCUT2D eigenvalue weighted by atomic mass is 19.1. The van der Waals surface area contributed by atoms with Crippen molar-refractivity contribution in [1.29, 1.82) is 0 Å². The van der Waals surface area contributed by atoms with Gasteiger partial charge in [0.25, 0.3) is 0 Å². The SMILES string of the molecule is CCCCC1COB(c2ccc(-c3ccc(F)cc3)cc2)OC1. The molecule has 0 aromatic heterocycles. The van der Waals surface area contributed by atoms with Crippen molar-refractivity contribution in [2.45, 2.75) is 26.2 Å². The van der Waals surface area contributed by atoms with Crippen molar-refractivity contribution in [2.24, 2.45) is 5.92 Å². The minimum atomic E-state index is -0.268. The van der Waals surface area contributed by atoms with Gasteiger partial charge in [0, 0.05) is 19.1 Å². The molecule has 1 fully saturated rings. The van der Waals surface area contributed by atoms with Crippen LogP contribution in [0.3, 0.4) is 0 Å². The average molecular weight is 312 g/mol. The number of hydrogen-bond acceptors (Lipinski definition) is 2. The Morgan fingerprint density at radius 2 is 1.52 bits per heavy atom. The van der Waals surface area contributed by atoms with Crippen LogP contribution in [0.15, 0.2) is 48.5 Å². The fraction of sp³-hybridized carbons (Fsp3) is 0.368. The zero-order valence-electron chi connectivity index (χ0n) is 13.5. The lowest BCUT2D eigenvalue weighted by Crippen LogP contribution is -2.44. The Balaban J connectivity index is 1.61. The van der Waals surface area contributed by atoms with Crippen LogP contribution in [0.5, 0.6) is 0 Å². The zero-order chi connectivity index (χ0) is 16.1. The van der Waals surface area contributed by atoms with Crippen molar-refractivity contribution in [3.05, 3.63) is 54.3 Å². The standard InChI is InChI=1S/C19H22BFO2/c1-2-3-4-15-13-22-20(23-14-15)18-9-5-16(6-10-18)17-7-11-19(21)12-8-17/h5-12,15H,2-4,13-14H2,1H3. The van der Waals surface area contributed by atoms with Gasteiger partial charge in [-0.2, -0.15) is 0 Å². The molecule has 0 N–H and O–H groups in total. The van der Waals surface area contributed by atoms with Crippen LogP contribution in [-0.2, 0) is 9.31 Å². The largest absolute Gasteiger partial charge is 0.493 e. The van der Waals surface area contributed by atoms with Gasteiger partial charge in [-0.05, 0) is 35.1 Å². The maximum Gasteiger partial charge on any atom is 0.493 e. The summed E-state index contributed by atoms with van der Waals surface area (Å²) in [4.78, 5) is 0. The summed E-state index contributed by atoms with van der Waals surface area (Å²) in [5, 5.41) is 0. The summed E-state index contributed by atoms with van der Waals surface area (Å²) >= 11 is 0. The van der Waals surface area contributed by atoms with E-state index in [-0.39, 0.29) is 12.9 Å². The van der Waals surface area contributed by atoms with E-state index in [1.165, 1.54) is 31.4 Å². The van der Waals surface area contributed by atoms with E-state index in [2.05, 4.69) is 6.92 Å². The Hall–Kier alpha value is -1.65. The molecular weight excluding hydrogens is 290 g/mol. The molecule has 0 radical (unpaired) electrons. The van der Waals surface area contributed by atoms with E-state index < -0.39 is 0 Å². The van der Waals surface area contributed by atoms with Gasteiger partial charge in [-0.15, -0.1) is 0 Å². The van der Waals surface area contributed by atoms with Crippen LogP contribution in [-0.4, -0.2) is 20.3 Å². The van der Waals surface area contributed by atoms with Gasteiger partial charge in [0.05, 0.1) is 0 Å². The molecule has 1 heterocycles. The number of rotatable bonds is 5. The van der Waals surface area contributed by atoms with E-state index in [0.29, 0.717) is 5.92 Å². The summed E-state index contributed by atoms with van der Waals surface area (Å²) in [5.41, 5.74) is 3.10. The van der Waals surface area contributed by atoms with Crippen LogP contribution in [0.4, 0.5) is 4.39 Å². The minimum Gasteiger partial charge on any atom is -0.407 e. The van der Waals surface area contributed by atoms with Gasteiger partial charge in [-0.1, -0.05) is 56.2 Å².